The van der Waals surface area contributed by atoms with Crippen LogP contribution in [0.1, 0.15) is 73.2 Å². The molecule has 3 fully saturated rings. The molecule has 2 unspecified atom stereocenters. The van der Waals surface area contributed by atoms with E-state index in [0.717, 1.165) is 24.9 Å². The third kappa shape index (κ3) is 7.27. The standard InChI is InChI=1S/C40H45Cl2FN4O7/c1-6-24-19-44(39(50)54-40(2,3)4)12-13-46(24)27-14-31(41)35(32(42)15-27)37(48)45-18-23-8-7-9-28(36(23)53-22-45)29-17-34(30(16-33(29)43)38(49)51-5)47-25-10-11-26(47)21-52-20-25/h7-9,14-17,24-26H,6,10-13,18-22H2,1-5H3/t24-,25?,26?/m1/s1. The molecule has 4 heterocycles. The monoisotopic (exact) mass is 782 g/mol. The minimum Gasteiger partial charge on any atom is -0.472 e. The van der Waals surface area contributed by atoms with E-state index in [1.165, 1.54) is 18.1 Å². The number of carbonyl (C=O) groups is 3. The van der Waals surface area contributed by atoms with Crippen LogP contribution in [0.4, 0.5) is 20.6 Å². The van der Waals surface area contributed by atoms with Crippen molar-refractivity contribution in [1.29, 1.82) is 0 Å². The molecule has 11 nitrogen and oxygen atoms in total. The Morgan fingerprint density at radius 2 is 1.67 bits per heavy atom. The number of morpholine rings is 1. The lowest BCUT2D eigenvalue weighted by atomic mass is 9.96. The normalized spacial score (nSPS) is 21.1. The number of piperazine rings is 1. The molecule has 0 aliphatic carbocycles. The van der Waals surface area contributed by atoms with E-state index in [0.29, 0.717) is 55.4 Å². The Balaban J connectivity index is 1.12. The van der Waals surface area contributed by atoms with Crippen LogP contribution in [0.3, 0.4) is 0 Å². The minimum absolute atomic E-state index is 0.0114. The largest absolute Gasteiger partial charge is 0.472 e. The van der Waals surface area contributed by atoms with Gasteiger partial charge in [-0.2, -0.15) is 0 Å². The first-order valence-corrected chi connectivity index (χ1v) is 19.1. The van der Waals surface area contributed by atoms with Crippen molar-refractivity contribution >= 4 is 52.5 Å². The van der Waals surface area contributed by atoms with Gasteiger partial charge in [0.15, 0.2) is 6.73 Å². The Bertz CT molecular complexity index is 1930. The molecule has 54 heavy (non-hydrogen) atoms. The molecule has 0 aromatic heterocycles. The van der Waals surface area contributed by atoms with Crippen molar-refractivity contribution in [1.82, 2.24) is 9.80 Å². The molecule has 3 atom stereocenters. The van der Waals surface area contributed by atoms with Gasteiger partial charge in [0.1, 0.15) is 17.2 Å². The van der Waals surface area contributed by atoms with Crippen LogP contribution in [0, 0.1) is 5.82 Å². The van der Waals surface area contributed by atoms with Gasteiger partial charge >= 0.3 is 12.1 Å². The minimum atomic E-state index is -0.613. The molecule has 7 rings (SSSR count). The number of carbonyl (C=O) groups excluding carboxylic acids is 3. The lowest BCUT2D eigenvalue weighted by molar-refractivity contribution is 0.0213. The second-order valence-corrected chi connectivity index (χ2v) is 16.0. The van der Waals surface area contributed by atoms with Gasteiger partial charge in [0.25, 0.3) is 5.91 Å². The molecule has 14 heteroatoms. The summed E-state index contributed by atoms with van der Waals surface area (Å²) in [6.45, 7) is 10.2. The number of benzene rings is 3. The van der Waals surface area contributed by atoms with Crippen molar-refractivity contribution < 1.29 is 37.7 Å². The summed E-state index contributed by atoms with van der Waals surface area (Å²) in [6, 6.07) is 11.9. The van der Waals surface area contributed by atoms with E-state index in [1.807, 2.05) is 26.8 Å². The molecule has 3 saturated heterocycles. The molecule has 0 N–H and O–H groups in total. The summed E-state index contributed by atoms with van der Waals surface area (Å²) in [5, 5.41) is 0.396. The maximum absolute atomic E-state index is 16.0. The van der Waals surface area contributed by atoms with Crippen LogP contribution in [-0.4, -0.2) is 98.2 Å². The van der Waals surface area contributed by atoms with Crippen molar-refractivity contribution in [2.24, 2.45) is 0 Å². The summed E-state index contributed by atoms with van der Waals surface area (Å²) >= 11 is 13.6. The highest BCUT2D eigenvalue weighted by Crippen LogP contribution is 2.44. The van der Waals surface area contributed by atoms with Crippen LogP contribution in [-0.2, 0) is 20.8 Å². The third-order valence-electron chi connectivity index (χ3n) is 10.6. The van der Waals surface area contributed by atoms with Gasteiger partial charge in [-0.1, -0.05) is 48.3 Å². The molecule has 2 amide bonds. The maximum atomic E-state index is 16.0. The van der Waals surface area contributed by atoms with Crippen molar-refractivity contribution in [3.63, 3.8) is 0 Å². The third-order valence-corrected chi connectivity index (χ3v) is 11.2. The molecule has 0 spiro atoms. The van der Waals surface area contributed by atoms with Crippen LogP contribution in [0.5, 0.6) is 5.75 Å². The fourth-order valence-electron chi connectivity index (χ4n) is 8.02. The zero-order valence-corrected chi connectivity index (χ0v) is 32.6. The quantitative estimate of drug-likeness (QED) is 0.232. The molecule has 3 aromatic rings. The maximum Gasteiger partial charge on any atom is 0.410 e. The fraction of sp³-hybridized carbons (Fsp3) is 0.475. The van der Waals surface area contributed by atoms with Crippen LogP contribution in [0.15, 0.2) is 42.5 Å². The van der Waals surface area contributed by atoms with Crippen molar-refractivity contribution in [3.05, 3.63) is 75.0 Å². The molecule has 4 aliphatic rings. The smallest absolute Gasteiger partial charge is 0.410 e. The Labute approximate surface area is 324 Å². The van der Waals surface area contributed by atoms with Crippen LogP contribution >= 0.6 is 23.2 Å². The van der Waals surface area contributed by atoms with E-state index in [9.17, 15) is 14.4 Å². The highest BCUT2D eigenvalue weighted by molar-refractivity contribution is 6.40. The van der Waals surface area contributed by atoms with Crippen LogP contribution in [0.25, 0.3) is 11.1 Å². The molecule has 2 bridgehead atoms. The highest BCUT2D eigenvalue weighted by atomic mass is 35.5. The highest BCUT2D eigenvalue weighted by Gasteiger charge is 2.40. The Kier molecular flexibility index (Phi) is 10.6. The first kappa shape index (κ1) is 38.0. The molecule has 0 radical (unpaired) electrons. The second-order valence-electron chi connectivity index (χ2n) is 15.2. The summed E-state index contributed by atoms with van der Waals surface area (Å²) in [7, 11) is 1.29. The van der Waals surface area contributed by atoms with Gasteiger partial charge in [-0.3, -0.25) is 4.79 Å². The number of ether oxygens (including phenoxy) is 4. The number of halogens is 3. The molecular formula is C40H45Cl2FN4O7. The first-order chi connectivity index (χ1) is 25.8. The van der Waals surface area contributed by atoms with Crippen molar-refractivity contribution in [3.8, 4) is 16.9 Å². The Morgan fingerprint density at radius 3 is 2.31 bits per heavy atom. The van der Waals surface area contributed by atoms with Gasteiger partial charge in [0.05, 0.1) is 65.8 Å². The molecule has 0 saturated carbocycles. The zero-order chi connectivity index (χ0) is 38.5. The van der Waals surface area contributed by atoms with Gasteiger partial charge in [-0.15, -0.1) is 0 Å². The lowest BCUT2D eigenvalue weighted by Gasteiger charge is -2.43. The fourth-order valence-corrected chi connectivity index (χ4v) is 8.66. The van der Waals surface area contributed by atoms with E-state index in [2.05, 4.69) is 16.7 Å². The van der Waals surface area contributed by atoms with Crippen LogP contribution < -0.4 is 14.5 Å². The predicted octanol–water partition coefficient (Wildman–Crippen LogP) is 7.78. The average Bonchev–Trinajstić information content (AvgIpc) is 3.38. The van der Waals surface area contributed by atoms with E-state index in [1.54, 1.807) is 35.2 Å². The topological polar surface area (TPSA) is 101 Å². The molecule has 288 valence electrons. The van der Waals surface area contributed by atoms with Crippen LogP contribution in [0.2, 0.25) is 10.0 Å². The van der Waals surface area contributed by atoms with E-state index < -0.39 is 23.3 Å². The number of hydrogen-bond donors (Lipinski definition) is 0. The number of nitrogens with zero attached hydrogens (tertiary/aromatic N) is 4. The van der Waals surface area contributed by atoms with Gasteiger partial charge < -0.3 is 38.5 Å². The second kappa shape index (κ2) is 15.1. The van der Waals surface area contributed by atoms with Crippen molar-refractivity contribution in [2.45, 2.75) is 77.2 Å². The number of rotatable bonds is 6. The summed E-state index contributed by atoms with van der Waals surface area (Å²) in [5.41, 5.74) is 2.54. The number of esters is 1. The summed E-state index contributed by atoms with van der Waals surface area (Å²) in [4.78, 5) is 47.2. The first-order valence-electron chi connectivity index (χ1n) is 18.3. The SMILES string of the molecule is CC[C@@H]1CN(C(=O)OC(C)(C)C)CCN1c1cc(Cl)c(C(=O)N2COc3c(cccc3-c3cc(N4C5CCC4COC5)c(C(=O)OC)cc3F)C2)c(Cl)c1. The van der Waals surface area contributed by atoms with Crippen molar-refractivity contribution in [2.75, 3.05) is 56.5 Å². The number of para-hydroxylation sites is 1. The van der Waals surface area contributed by atoms with E-state index >= 15 is 4.39 Å². The number of methoxy groups -OCH3 is 1. The number of anilines is 2. The molecule has 3 aromatic carbocycles. The predicted molar refractivity (Wildman–Crippen MR) is 204 cm³/mol. The van der Waals surface area contributed by atoms with Gasteiger partial charge in [0.2, 0.25) is 0 Å². The Morgan fingerprint density at radius 1 is 0.963 bits per heavy atom. The average molecular weight is 784 g/mol. The summed E-state index contributed by atoms with van der Waals surface area (Å²) in [6.07, 6.45) is 2.24. The summed E-state index contributed by atoms with van der Waals surface area (Å²) < 4.78 is 38.6. The molecular weight excluding hydrogens is 738 g/mol. The van der Waals surface area contributed by atoms with E-state index in [4.69, 9.17) is 42.1 Å². The van der Waals surface area contributed by atoms with Gasteiger partial charge in [-0.05, 0) is 64.3 Å². The lowest BCUT2D eigenvalue weighted by Crippen LogP contribution is -2.55. The zero-order valence-electron chi connectivity index (χ0n) is 31.1. The number of fused-ring (bicyclic) bond motifs is 3. The number of amides is 2. The Hall–Kier alpha value is -4.26. The molecule has 4 aliphatic heterocycles. The van der Waals surface area contributed by atoms with Gasteiger partial charge in [-0.25, -0.2) is 14.0 Å². The number of hydrogen-bond acceptors (Lipinski definition) is 9. The van der Waals surface area contributed by atoms with E-state index in [-0.39, 0.29) is 64.2 Å². The summed E-state index contributed by atoms with van der Waals surface area (Å²) in [5.74, 6) is -1.16. The van der Waals surface area contributed by atoms with Gasteiger partial charge in [0, 0.05) is 48.1 Å².